The Labute approximate surface area is 107 Å². The lowest BCUT2D eigenvalue weighted by atomic mass is 10.0. The number of hydrogen-bond acceptors (Lipinski definition) is 3. The van der Waals surface area contributed by atoms with Crippen molar-refractivity contribution in [3.05, 3.63) is 23.8 Å². The molecule has 3 heteroatoms. The summed E-state index contributed by atoms with van der Waals surface area (Å²) in [6.07, 6.45) is 3.73. The van der Waals surface area contributed by atoms with Crippen molar-refractivity contribution in [3.8, 4) is 11.5 Å². The SMILES string of the molecule is COc1ccc(C(=O)C2C3CCCC32)c(OC)c1. The molecular weight excluding hydrogens is 228 g/mol. The molecule has 2 fully saturated rings. The first-order valence-electron chi connectivity index (χ1n) is 6.52. The number of ether oxygens (including phenoxy) is 2. The lowest BCUT2D eigenvalue weighted by Gasteiger charge is -2.10. The van der Waals surface area contributed by atoms with Crippen LogP contribution in [0.3, 0.4) is 0 Å². The van der Waals surface area contributed by atoms with E-state index in [9.17, 15) is 4.79 Å². The van der Waals surface area contributed by atoms with Crippen molar-refractivity contribution in [1.82, 2.24) is 0 Å². The molecule has 0 aliphatic heterocycles. The maximum atomic E-state index is 12.5. The van der Waals surface area contributed by atoms with Crippen molar-refractivity contribution < 1.29 is 14.3 Å². The topological polar surface area (TPSA) is 35.5 Å². The predicted octanol–water partition coefficient (Wildman–Crippen LogP) is 2.93. The second-order valence-electron chi connectivity index (χ2n) is 5.21. The first kappa shape index (κ1) is 11.6. The number of carbonyl (C=O) groups excluding carboxylic acids is 1. The third kappa shape index (κ3) is 1.69. The molecule has 0 saturated heterocycles. The van der Waals surface area contributed by atoms with Gasteiger partial charge in [-0.25, -0.2) is 0 Å². The van der Waals surface area contributed by atoms with Crippen LogP contribution in [0.25, 0.3) is 0 Å². The monoisotopic (exact) mass is 246 g/mol. The molecule has 0 N–H and O–H groups in total. The average molecular weight is 246 g/mol. The van der Waals surface area contributed by atoms with Crippen molar-refractivity contribution >= 4 is 5.78 Å². The highest BCUT2D eigenvalue weighted by Crippen LogP contribution is 2.58. The summed E-state index contributed by atoms with van der Waals surface area (Å²) in [7, 11) is 3.21. The lowest BCUT2D eigenvalue weighted by Crippen LogP contribution is -2.08. The zero-order chi connectivity index (χ0) is 12.7. The fraction of sp³-hybridized carbons (Fsp3) is 0.533. The van der Waals surface area contributed by atoms with E-state index in [4.69, 9.17) is 9.47 Å². The van der Waals surface area contributed by atoms with E-state index in [1.165, 1.54) is 19.3 Å². The van der Waals surface area contributed by atoms with Crippen LogP contribution in [0.2, 0.25) is 0 Å². The molecule has 2 aliphatic carbocycles. The summed E-state index contributed by atoms with van der Waals surface area (Å²) in [4.78, 5) is 12.5. The largest absolute Gasteiger partial charge is 0.497 e. The summed E-state index contributed by atoms with van der Waals surface area (Å²) in [5.74, 6) is 3.14. The highest BCUT2D eigenvalue weighted by atomic mass is 16.5. The van der Waals surface area contributed by atoms with Gasteiger partial charge in [0.15, 0.2) is 5.78 Å². The van der Waals surface area contributed by atoms with E-state index in [0.717, 1.165) is 5.75 Å². The minimum Gasteiger partial charge on any atom is -0.497 e. The van der Waals surface area contributed by atoms with Crippen LogP contribution in [0, 0.1) is 17.8 Å². The second kappa shape index (κ2) is 4.30. The maximum Gasteiger partial charge on any atom is 0.170 e. The minimum absolute atomic E-state index is 0.251. The van der Waals surface area contributed by atoms with Crippen LogP contribution < -0.4 is 9.47 Å². The molecule has 0 bridgehead atoms. The van der Waals surface area contributed by atoms with Gasteiger partial charge in [-0.1, -0.05) is 6.42 Å². The molecule has 96 valence electrons. The van der Waals surface area contributed by atoms with Gasteiger partial charge in [0, 0.05) is 12.0 Å². The summed E-state index contributed by atoms with van der Waals surface area (Å²) in [5, 5.41) is 0. The van der Waals surface area contributed by atoms with Crippen LogP contribution in [0.4, 0.5) is 0 Å². The summed E-state index contributed by atoms with van der Waals surface area (Å²) < 4.78 is 10.5. The Hall–Kier alpha value is -1.51. The molecular formula is C15H18O3. The molecule has 18 heavy (non-hydrogen) atoms. The Morgan fingerprint density at radius 3 is 2.50 bits per heavy atom. The normalized spacial score (nSPS) is 28.7. The molecule has 2 unspecified atom stereocenters. The van der Waals surface area contributed by atoms with E-state index in [2.05, 4.69) is 0 Å². The number of methoxy groups -OCH3 is 2. The lowest BCUT2D eigenvalue weighted by molar-refractivity contribution is 0.0948. The average Bonchev–Trinajstić information content (AvgIpc) is 2.89. The summed E-state index contributed by atoms with van der Waals surface area (Å²) >= 11 is 0. The smallest absolute Gasteiger partial charge is 0.170 e. The number of fused-ring (bicyclic) bond motifs is 1. The fourth-order valence-electron chi connectivity index (χ4n) is 3.39. The van der Waals surface area contributed by atoms with Crippen LogP contribution in [0.15, 0.2) is 18.2 Å². The van der Waals surface area contributed by atoms with Crippen molar-refractivity contribution in [2.45, 2.75) is 19.3 Å². The van der Waals surface area contributed by atoms with Gasteiger partial charge < -0.3 is 9.47 Å². The van der Waals surface area contributed by atoms with Gasteiger partial charge in [-0.05, 0) is 36.8 Å². The number of benzene rings is 1. The van der Waals surface area contributed by atoms with Crippen molar-refractivity contribution in [2.24, 2.45) is 17.8 Å². The Kier molecular flexibility index (Phi) is 2.77. The number of hydrogen-bond donors (Lipinski definition) is 0. The molecule has 0 spiro atoms. The van der Waals surface area contributed by atoms with Crippen LogP contribution in [0.1, 0.15) is 29.6 Å². The van der Waals surface area contributed by atoms with Gasteiger partial charge in [-0.2, -0.15) is 0 Å². The highest BCUT2D eigenvalue weighted by Gasteiger charge is 2.56. The molecule has 1 aromatic rings. The minimum atomic E-state index is 0.251. The number of carbonyl (C=O) groups is 1. The Morgan fingerprint density at radius 1 is 1.17 bits per heavy atom. The van der Waals surface area contributed by atoms with E-state index in [1.807, 2.05) is 12.1 Å². The Morgan fingerprint density at radius 2 is 1.89 bits per heavy atom. The molecule has 2 atom stereocenters. The Bertz CT molecular complexity index is 471. The Balaban J connectivity index is 1.85. The second-order valence-corrected chi connectivity index (χ2v) is 5.21. The van der Waals surface area contributed by atoms with Crippen molar-refractivity contribution in [3.63, 3.8) is 0 Å². The summed E-state index contributed by atoms with van der Waals surface area (Å²) in [6.45, 7) is 0. The fourth-order valence-corrected chi connectivity index (χ4v) is 3.39. The molecule has 0 radical (unpaired) electrons. The standard InChI is InChI=1S/C15H18O3/c1-17-9-6-7-12(13(8-9)18-2)15(16)14-10-4-3-5-11(10)14/h6-8,10-11,14H,3-5H2,1-2H3. The summed E-state index contributed by atoms with van der Waals surface area (Å²) in [5.41, 5.74) is 0.706. The zero-order valence-electron chi connectivity index (χ0n) is 10.8. The van der Waals surface area contributed by atoms with E-state index in [-0.39, 0.29) is 11.7 Å². The highest BCUT2D eigenvalue weighted by molar-refractivity contribution is 6.02. The molecule has 0 amide bonds. The van der Waals surface area contributed by atoms with Gasteiger partial charge in [0.25, 0.3) is 0 Å². The molecule has 3 rings (SSSR count). The molecule has 2 aliphatic rings. The number of ketones is 1. The number of Topliss-reactive ketones (excluding diaryl/α,β-unsaturated/α-hetero) is 1. The van der Waals surface area contributed by atoms with Crippen molar-refractivity contribution in [1.29, 1.82) is 0 Å². The third-order valence-electron chi connectivity index (χ3n) is 4.38. The quantitative estimate of drug-likeness (QED) is 0.766. The number of rotatable bonds is 4. The van der Waals surface area contributed by atoms with Gasteiger partial charge >= 0.3 is 0 Å². The molecule has 0 heterocycles. The van der Waals surface area contributed by atoms with Gasteiger partial charge in [-0.15, -0.1) is 0 Å². The molecule has 1 aromatic carbocycles. The van der Waals surface area contributed by atoms with Crippen LogP contribution in [0.5, 0.6) is 11.5 Å². The van der Waals surface area contributed by atoms with Crippen LogP contribution in [-0.2, 0) is 0 Å². The summed E-state index contributed by atoms with van der Waals surface area (Å²) in [6, 6.07) is 5.44. The van der Waals surface area contributed by atoms with Crippen LogP contribution >= 0.6 is 0 Å². The van der Waals surface area contributed by atoms with E-state index < -0.39 is 0 Å². The third-order valence-corrected chi connectivity index (χ3v) is 4.38. The van der Waals surface area contributed by atoms with Gasteiger partial charge in [0.2, 0.25) is 0 Å². The van der Waals surface area contributed by atoms with E-state index in [1.54, 1.807) is 20.3 Å². The van der Waals surface area contributed by atoms with Gasteiger partial charge in [0.05, 0.1) is 19.8 Å². The molecule has 3 nitrogen and oxygen atoms in total. The predicted molar refractivity (Wildman–Crippen MR) is 68.2 cm³/mol. The van der Waals surface area contributed by atoms with Crippen LogP contribution in [-0.4, -0.2) is 20.0 Å². The van der Waals surface area contributed by atoms with Gasteiger partial charge in [-0.3, -0.25) is 4.79 Å². The van der Waals surface area contributed by atoms with E-state index in [0.29, 0.717) is 23.1 Å². The first-order valence-corrected chi connectivity index (χ1v) is 6.52. The first-order chi connectivity index (χ1) is 8.76. The van der Waals surface area contributed by atoms with Crippen molar-refractivity contribution in [2.75, 3.05) is 14.2 Å². The zero-order valence-corrected chi connectivity index (χ0v) is 10.8. The van der Waals surface area contributed by atoms with Gasteiger partial charge in [0.1, 0.15) is 11.5 Å². The van der Waals surface area contributed by atoms with E-state index >= 15 is 0 Å². The molecule has 0 aromatic heterocycles. The maximum absolute atomic E-state index is 12.5. The molecule has 2 saturated carbocycles.